The minimum atomic E-state index is -0.694. The first kappa shape index (κ1) is 15.4. The van der Waals surface area contributed by atoms with E-state index in [-0.39, 0.29) is 5.25 Å². The predicted octanol–water partition coefficient (Wildman–Crippen LogP) is 4.26. The van der Waals surface area contributed by atoms with Crippen LogP contribution in [-0.2, 0) is 11.2 Å². The Labute approximate surface area is 118 Å². The summed E-state index contributed by atoms with van der Waals surface area (Å²) in [4.78, 5) is 10.8. The van der Waals surface area contributed by atoms with Gasteiger partial charge in [0.2, 0.25) is 0 Å². The average molecular weight is 287 g/mol. The van der Waals surface area contributed by atoms with Gasteiger partial charge in [0.1, 0.15) is 5.25 Å². The van der Waals surface area contributed by atoms with Gasteiger partial charge in [0.05, 0.1) is 0 Å². The summed E-state index contributed by atoms with van der Waals surface area (Å²) in [7, 11) is 0. The topological polar surface area (TPSA) is 37.3 Å². The van der Waals surface area contributed by atoms with E-state index in [4.69, 9.17) is 16.7 Å². The normalized spacial score (nSPS) is 12.3. The van der Waals surface area contributed by atoms with Gasteiger partial charge in [-0.15, -0.1) is 0 Å². The summed E-state index contributed by atoms with van der Waals surface area (Å²) in [6.45, 7) is 0. The number of benzene rings is 1. The second-order valence-electron chi connectivity index (χ2n) is 4.29. The van der Waals surface area contributed by atoms with Crippen LogP contribution in [0.3, 0.4) is 0 Å². The molecule has 1 N–H and O–H groups in total. The van der Waals surface area contributed by atoms with E-state index in [2.05, 4.69) is 0 Å². The van der Waals surface area contributed by atoms with Crippen molar-refractivity contribution in [3.8, 4) is 0 Å². The molecule has 1 aromatic carbocycles. The maximum atomic E-state index is 10.8. The molecule has 0 aliphatic carbocycles. The average Bonchev–Trinajstić information content (AvgIpc) is 2.35. The lowest BCUT2D eigenvalue weighted by Crippen LogP contribution is -2.15. The van der Waals surface area contributed by atoms with Crippen molar-refractivity contribution in [2.24, 2.45) is 0 Å². The lowest BCUT2D eigenvalue weighted by molar-refractivity contribution is -0.136. The number of carboxylic acid groups (broad SMARTS) is 1. The van der Waals surface area contributed by atoms with E-state index in [0.717, 1.165) is 37.1 Å². The van der Waals surface area contributed by atoms with Crippen molar-refractivity contribution in [3.05, 3.63) is 34.9 Å². The van der Waals surface area contributed by atoms with E-state index < -0.39 is 5.97 Å². The van der Waals surface area contributed by atoms with Crippen LogP contribution in [0.1, 0.15) is 31.2 Å². The molecule has 1 rings (SSSR count). The van der Waals surface area contributed by atoms with Gasteiger partial charge >= 0.3 is 5.97 Å². The Morgan fingerprint density at radius 3 is 2.50 bits per heavy atom. The maximum Gasteiger partial charge on any atom is 0.316 e. The van der Waals surface area contributed by atoms with Gasteiger partial charge in [0.15, 0.2) is 0 Å². The van der Waals surface area contributed by atoms with Crippen molar-refractivity contribution in [2.45, 2.75) is 37.4 Å². The van der Waals surface area contributed by atoms with Gasteiger partial charge in [-0.3, -0.25) is 4.79 Å². The number of hydrogen-bond donors (Lipinski definition) is 1. The van der Waals surface area contributed by atoms with E-state index in [1.165, 1.54) is 17.3 Å². The van der Waals surface area contributed by atoms with Gasteiger partial charge in [0.25, 0.3) is 0 Å². The number of rotatable bonds is 8. The zero-order valence-corrected chi connectivity index (χ0v) is 12.1. The molecule has 1 unspecified atom stereocenters. The van der Waals surface area contributed by atoms with Crippen molar-refractivity contribution in [1.82, 2.24) is 0 Å². The highest BCUT2D eigenvalue weighted by Gasteiger charge is 2.14. The molecule has 0 radical (unpaired) electrons. The fourth-order valence-corrected chi connectivity index (χ4v) is 2.56. The minimum Gasteiger partial charge on any atom is -0.480 e. The summed E-state index contributed by atoms with van der Waals surface area (Å²) in [5.74, 6) is -0.694. The SMILES string of the molecule is CSC(CCCCCc1ccc(Cl)cc1)C(=O)O. The molecule has 0 saturated carbocycles. The van der Waals surface area contributed by atoms with Crippen molar-refractivity contribution in [1.29, 1.82) is 0 Å². The molecular formula is C14H19ClO2S. The number of carboxylic acids is 1. The molecule has 0 spiro atoms. The molecule has 2 nitrogen and oxygen atoms in total. The molecular weight excluding hydrogens is 268 g/mol. The minimum absolute atomic E-state index is 0.250. The fraction of sp³-hybridized carbons (Fsp3) is 0.500. The Morgan fingerprint density at radius 2 is 1.94 bits per heavy atom. The summed E-state index contributed by atoms with van der Waals surface area (Å²) in [6.07, 6.45) is 6.80. The Kier molecular flexibility index (Phi) is 7.21. The number of thioether (sulfide) groups is 1. The number of aliphatic carboxylic acids is 1. The highest BCUT2D eigenvalue weighted by molar-refractivity contribution is 7.99. The molecule has 0 saturated heterocycles. The molecule has 0 aliphatic rings. The van der Waals surface area contributed by atoms with Crippen LogP contribution in [0, 0.1) is 0 Å². The predicted molar refractivity (Wildman–Crippen MR) is 78.6 cm³/mol. The molecule has 4 heteroatoms. The summed E-state index contributed by atoms with van der Waals surface area (Å²) >= 11 is 7.24. The third-order valence-corrected chi connectivity index (χ3v) is 4.16. The first-order chi connectivity index (χ1) is 8.63. The summed E-state index contributed by atoms with van der Waals surface area (Å²) in [5.41, 5.74) is 1.29. The number of carbonyl (C=O) groups is 1. The van der Waals surface area contributed by atoms with Crippen molar-refractivity contribution in [2.75, 3.05) is 6.26 Å². The van der Waals surface area contributed by atoms with E-state index in [1.807, 2.05) is 30.5 Å². The first-order valence-corrected chi connectivity index (χ1v) is 7.80. The molecule has 0 aliphatic heterocycles. The van der Waals surface area contributed by atoms with Gasteiger partial charge in [0, 0.05) is 5.02 Å². The quantitative estimate of drug-likeness (QED) is 0.726. The third kappa shape index (κ3) is 5.78. The standard InChI is InChI=1S/C14H19ClO2S/c1-18-13(14(16)17)6-4-2-3-5-11-7-9-12(15)10-8-11/h7-10,13H,2-6H2,1H3,(H,16,17). The zero-order chi connectivity index (χ0) is 13.4. The molecule has 0 bridgehead atoms. The Morgan fingerprint density at radius 1 is 1.28 bits per heavy atom. The molecule has 0 fully saturated rings. The van der Waals surface area contributed by atoms with Crippen LogP contribution in [0.25, 0.3) is 0 Å². The van der Waals surface area contributed by atoms with Gasteiger partial charge in [-0.25, -0.2) is 0 Å². The van der Waals surface area contributed by atoms with E-state index in [9.17, 15) is 4.79 Å². The molecule has 0 aromatic heterocycles. The molecule has 0 amide bonds. The summed E-state index contributed by atoms with van der Waals surface area (Å²) in [5, 5.41) is 9.42. The van der Waals surface area contributed by atoms with Crippen LogP contribution in [0.5, 0.6) is 0 Å². The largest absolute Gasteiger partial charge is 0.480 e. The second kappa shape index (κ2) is 8.44. The number of hydrogen-bond acceptors (Lipinski definition) is 2. The Bertz CT molecular complexity index is 365. The molecule has 1 atom stereocenters. The van der Waals surface area contributed by atoms with E-state index in [0.29, 0.717) is 0 Å². The van der Waals surface area contributed by atoms with Crippen LogP contribution in [0.15, 0.2) is 24.3 Å². The van der Waals surface area contributed by atoms with Crippen molar-refractivity contribution in [3.63, 3.8) is 0 Å². The van der Waals surface area contributed by atoms with Crippen molar-refractivity contribution >= 4 is 29.3 Å². The smallest absolute Gasteiger partial charge is 0.316 e. The highest BCUT2D eigenvalue weighted by Crippen LogP contribution is 2.17. The van der Waals surface area contributed by atoms with Gasteiger partial charge in [-0.05, 0) is 43.2 Å². The van der Waals surface area contributed by atoms with Crippen molar-refractivity contribution < 1.29 is 9.90 Å². The fourth-order valence-electron chi connectivity index (χ4n) is 1.83. The third-order valence-electron chi connectivity index (χ3n) is 2.90. The molecule has 0 heterocycles. The van der Waals surface area contributed by atoms with Crippen LogP contribution < -0.4 is 0 Å². The van der Waals surface area contributed by atoms with Crippen LogP contribution in [-0.4, -0.2) is 22.6 Å². The number of unbranched alkanes of at least 4 members (excludes halogenated alkanes) is 2. The van der Waals surface area contributed by atoms with Crippen LogP contribution in [0.2, 0.25) is 5.02 Å². The van der Waals surface area contributed by atoms with Gasteiger partial charge < -0.3 is 5.11 Å². The zero-order valence-electron chi connectivity index (χ0n) is 10.6. The molecule has 1 aromatic rings. The lowest BCUT2D eigenvalue weighted by atomic mass is 10.1. The second-order valence-corrected chi connectivity index (χ2v) is 5.77. The van der Waals surface area contributed by atoms with Crippen LogP contribution in [0.4, 0.5) is 0 Å². The van der Waals surface area contributed by atoms with E-state index in [1.54, 1.807) is 0 Å². The summed E-state index contributed by atoms with van der Waals surface area (Å²) in [6, 6.07) is 7.91. The number of aryl methyl sites for hydroxylation is 1. The van der Waals surface area contributed by atoms with E-state index >= 15 is 0 Å². The maximum absolute atomic E-state index is 10.8. The molecule has 100 valence electrons. The summed E-state index contributed by atoms with van der Waals surface area (Å²) < 4.78 is 0. The Hall–Kier alpha value is -0.670. The van der Waals surface area contributed by atoms with Gasteiger partial charge in [-0.2, -0.15) is 11.8 Å². The van der Waals surface area contributed by atoms with Crippen LogP contribution >= 0.6 is 23.4 Å². The lowest BCUT2D eigenvalue weighted by Gasteiger charge is -2.08. The first-order valence-electron chi connectivity index (χ1n) is 6.13. The Balaban J connectivity index is 2.15. The monoisotopic (exact) mass is 286 g/mol. The van der Waals surface area contributed by atoms with Gasteiger partial charge in [-0.1, -0.05) is 36.6 Å². The number of halogens is 1. The molecule has 18 heavy (non-hydrogen) atoms. The highest BCUT2D eigenvalue weighted by atomic mass is 35.5.